The summed E-state index contributed by atoms with van der Waals surface area (Å²) in [6.45, 7) is 4.09. The maximum atomic E-state index is 13.4. The Morgan fingerprint density at radius 1 is 1.28 bits per heavy atom. The van der Waals surface area contributed by atoms with Gasteiger partial charge in [0.2, 0.25) is 5.91 Å². The second-order valence-electron chi connectivity index (χ2n) is 6.58. The fraction of sp³-hybridized carbons (Fsp3) is 0.529. The summed E-state index contributed by atoms with van der Waals surface area (Å²) in [5, 5.41) is 8.90. The van der Waals surface area contributed by atoms with Gasteiger partial charge in [0.1, 0.15) is 6.04 Å². The van der Waals surface area contributed by atoms with E-state index in [0.29, 0.717) is 17.9 Å². The molecular formula is C17H23F2N3O3. The molecule has 1 fully saturated rings. The minimum atomic E-state index is -1.03. The van der Waals surface area contributed by atoms with Crippen molar-refractivity contribution in [2.75, 3.05) is 6.54 Å². The highest BCUT2D eigenvalue weighted by atomic mass is 19.2. The Hall–Kier alpha value is -2.06. The quantitative estimate of drug-likeness (QED) is 0.693. The Bertz CT molecular complexity index is 640. The average Bonchev–Trinajstić information content (AvgIpc) is 3.04. The minimum absolute atomic E-state index is 0.00229. The predicted octanol–water partition coefficient (Wildman–Crippen LogP) is 1.66. The van der Waals surface area contributed by atoms with E-state index >= 15 is 0 Å². The second kappa shape index (κ2) is 8.35. The van der Waals surface area contributed by atoms with Crippen molar-refractivity contribution < 1.29 is 23.5 Å². The third kappa shape index (κ3) is 5.20. The van der Waals surface area contributed by atoms with Gasteiger partial charge >= 0.3 is 5.97 Å². The Morgan fingerprint density at radius 3 is 2.56 bits per heavy atom. The highest BCUT2D eigenvalue weighted by molar-refractivity contribution is 5.82. The van der Waals surface area contributed by atoms with Crippen LogP contribution in [0.4, 0.5) is 8.78 Å². The number of carboxylic acid groups (broad SMARTS) is 1. The van der Waals surface area contributed by atoms with Crippen molar-refractivity contribution in [1.82, 2.24) is 15.8 Å². The highest BCUT2D eigenvalue weighted by Crippen LogP contribution is 2.17. The standard InChI is InChI=1S/C17H23F2N3O3/c1-10(2)14-8-15(21-20-14)17(25)22(6-5-16(23)24)9-11-3-4-12(18)13(19)7-11/h3-4,7,10,14-15,20-21H,5-6,8-9H2,1-2H3,(H,23,24). The van der Waals surface area contributed by atoms with E-state index in [1.807, 2.05) is 13.8 Å². The molecule has 25 heavy (non-hydrogen) atoms. The normalized spacial score (nSPS) is 20.0. The smallest absolute Gasteiger partial charge is 0.305 e. The first kappa shape index (κ1) is 19.3. The van der Waals surface area contributed by atoms with Crippen LogP contribution in [0, 0.1) is 17.6 Å². The van der Waals surface area contributed by atoms with E-state index in [4.69, 9.17) is 5.11 Å². The molecule has 0 aromatic heterocycles. The zero-order valence-corrected chi connectivity index (χ0v) is 14.3. The Kier molecular flexibility index (Phi) is 6.44. The van der Waals surface area contributed by atoms with Gasteiger partial charge in [0, 0.05) is 19.1 Å². The van der Waals surface area contributed by atoms with E-state index in [1.165, 1.54) is 11.0 Å². The monoisotopic (exact) mass is 355 g/mol. The molecule has 1 heterocycles. The molecule has 1 saturated heterocycles. The average molecular weight is 355 g/mol. The van der Waals surface area contributed by atoms with Crippen molar-refractivity contribution in [3.05, 3.63) is 35.4 Å². The molecule has 2 unspecified atom stereocenters. The summed E-state index contributed by atoms with van der Waals surface area (Å²) in [6, 6.07) is 3.06. The molecular weight excluding hydrogens is 332 g/mol. The Morgan fingerprint density at radius 2 is 2.00 bits per heavy atom. The first-order valence-corrected chi connectivity index (χ1v) is 8.23. The summed E-state index contributed by atoms with van der Waals surface area (Å²) >= 11 is 0. The first-order chi connectivity index (χ1) is 11.8. The summed E-state index contributed by atoms with van der Waals surface area (Å²) in [5.74, 6) is -2.91. The summed E-state index contributed by atoms with van der Waals surface area (Å²) in [7, 11) is 0. The van der Waals surface area contributed by atoms with E-state index < -0.39 is 23.6 Å². The van der Waals surface area contributed by atoms with Gasteiger partial charge < -0.3 is 10.0 Å². The zero-order chi connectivity index (χ0) is 18.6. The van der Waals surface area contributed by atoms with E-state index in [0.717, 1.165) is 12.1 Å². The van der Waals surface area contributed by atoms with Crippen molar-refractivity contribution in [1.29, 1.82) is 0 Å². The van der Waals surface area contributed by atoms with Crippen LogP contribution >= 0.6 is 0 Å². The number of carbonyl (C=O) groups excluding carboxylic acids is 1. The van der Waals surface area contributed by atoms with Crippen LogP contribution in [0.25, 0.3) is 0 Å². The second-order valence-corrected chi connectivity index (χ2v) is 6.58. The zero-order valence-electron chi connectivity index (χ0n) is 14.3. The number of nitrogens with zero attached hydrogens (tertiary/aromatic N) is 1. The number of hydrogen-bond acceptors (Lipinski definition) is 4. The Labute approximate surface area is 145 Å². The van der Waals surface area contributed by atoms with E-state index in [9.17, 15) is 18.4 Å². The van der Waals surface area contributed by atoms with Crippen LogP contribution in [0.15, 0.2) is 18.2 Å². The van der Waals surface area contributed by atoms with Crippen molar-refractivity contribution in [3.63, 3.8) is 0 Å². The summed E-state index contributed by atoms with van der Waals surface area (Å²) in [4.78, 5) is 25.0. The van der Waals surface area contributed by atoms with Gasteiger partial charge in [-0.3, -0.25) is 15.0 Å². The van der Waals surface area contributed by atoms with Gasteiger partial charge in [0.05, 0.1) is 6.42 Å². The molecule has 2 atom stereocenters. The van der Waals surface area contributed by atoms with Crippen molar-refractivity contribution in [3.8, 4) is 0 Å². The molecule has 6 nitrogen and oxygen atoms in total. The van der Waals surface area contributed by atoms with Gasteiger partial charge in [-0.1, -0.05) is 19.9 Å². The van der Waals surface area contributed by atoms with Crippen LogP contribution in [0.5, 0.6) is 0 Å². The lowest BCUT2D eigenvalue weighted by Gasteiger charge is -2.25. The third-order valence-electron chi connectivity index (χ3n) is 4.30. The van der Waals surface area contributed by atoms with Crippen molar-refractivity contribution in [2.45, 2.75) is 45.3 Å². The van der Waals surface area contributed by atoms with Crippen molar-refractivity contribution >= 4 is 11.9 Å². The van der Waals surface area contributed by atoms with Gasteiger partial charge in [-0.25, -0.2) is 14.2 Å². The summed E-state index contributed by atoms with van der Waals surface area (Å²) in [6.07, 6.45) is 0.362. The number of rotatable bonds is 7. The SMILES string of the molecule is CC(C)C1CC(C(=O)N(CCC(=O)O)Cc2ccc(F)c(F)c2)NN1. The number of hydrazine groups is 1. The molecule has 1 aromatic rings. The first-order valence-electron chi connectivity index (χ1n) is 8.23. The fourth-order valence-corrected chi connectivity index (χ4v) is 2.76. The van der Waals surface area contributed by atoms with E-state index in [1.54, 1.807) is 0 Å². The lowest BCUT2D eigenvalue weighted by molar-refractivity contribution is -0.139. The van der Waals surface area contributed by atoms with Crippen LogP contribution < -0.4 is 10.9 Å². The number of carboxylic acids is 1. The molecule has 0 aliphatic carbocycles. The lowest BCUT2D eigenvalue weighted by atomic mass is 9.99. The third-order valence-corrected chi connectivity index (χ3v) is 4.30. The number of aliphatic carboxylic acids is 1. The van der Waals surface area contributed by atoms with Crippen LogP contribution in [0.1, 0.15) is 32.3 Å². The number of nitrogens with one attached hydrogen (secondary N) is 2. The summed E-state index contributed by atoms with van der Waals surface area (Å²) < 4.78 is 26.5. The number of amides is 1. The molecule has 0 spiro atoms. The lowest BCUT2D eigenvalue weighted by Crippen LogP contribution is -2.46. The molecule has 0 saturated carbocycles. The highest BCUT2D eigenvalue weighted by Gasteiger charge is 2.33. The van der Waals surface area contributed by atoms with Crippen LogP contribution in [0.3, 0.4) is 0 Å². The predicted molar refractivity (Wildman–Crippen MR) is 87.3 cm³/mol. The number of hydrogen-bond donors (Lipinski definition) is 3. The molecule has 0 radical (unpaired) electrons. The molecule has 2 rings (SSSR count). The van der Waals surface area contributed by atoms with E-state index in [-0.39, 0.29) is 31.5 Å². The number of halogens is 2. The molecule has 138 valence electrons. The molecule has 3 N–H and O–H groups in total. The van der Waals surface area contributed by atoms with Crippen molar-refractivity contribution in [2.24, 2.45) is 5.92 Å². The molecule has 1 amide bonds. The number of benzene rings is 1. The van der Waals surface area contributed by atoms with Crippen LogP contribution in [-0.4, -0.2) is 40.5 Å². The maximum absolute atomic E-state index is 13.4. The molecule has 0 bridgehead atoms. The molecule has 1 aliphatic rings. The van der Waals surface area contributed by atoms with Crippen LogP contribution in [-0.2, 0) is 16.1 Å². The fourth-order valence-electron chi connectivity index (χ4n) is 2.76. The minimum Gasteiger partial charge on any atom is -0.481 e. The van der Waals surface area contributed by atoms with Crippen LogP contribution in [0.2, 0.25) is 0 Å². The topological polar surface area (TPSA) is 81.7 Å². The van der Waals surface area contributed by atoms with Gasteiger partial charge in [0.15, 0.2) is 11.6 Å². The van der Waals surface area contributed by atoms with E-state index in [2.05, 4.69) is 10.9 Å². The largest absolute Gasteiger partial charge is 0.481 e. The summed E-state index contributed by atoms with van der Waals surface area (Å²) in [5.41, 5.74) is 6.41. The number of carbonyl (C=O) groups is 2. The van der Waals surface area contributed by atoms with Gasteiger partial charge in [-0.2, -0.15) is 0 Å². The molecule has 8 heteroatoms. The van der Waals surface area contributed by atoms with Gasteiger partial charge in [-0.05, 0) is 30.0 Å². The molecule has 1 aliphatic heterocycles. The maximum Gasteiger partial charge on any atom is 0.305 e. The van der Waals surface area contributed by atoms with Gasteiger partial charge in [-0.15, -0.1) is 0 Å². The van der Waals surface area contributed by atoms with Gasteiger partial charge in [0.25, 0.3) is 0 Å². The molecule has 1 aromatic carbocycles. The Balaban J connectivity index is 2.10.